The van der Waals surface area contributed by atoms with Crippen molar-refractivity contribution in [2.75, 3.05) is 18.4 Å². The molecule has 1 aliphatic rings. The second-order valence-electron chi connectivity index (χ2n) is 7.39. The number of hydrogen-bond donors (Lipinski definition) is 1. The summed E-state index contributed by atoms with van der Waals surface area (Å²) in [6, 6.07) is 10.9. The van der Waals surface area contributed by atoms with Gasteiger partial charge in [-0.2, -0.15) is 22.6 Å². The molecule has 2 aromatic carbocycles. The number of carbonyl (C=O) groups excluding carboxylic acids is 1. The van der Waals surface area contributed by atoms with Crippen LogP contribution in [0, 0.1) is 0 Å². The lowest BCUT2D eigenvalue weighted by Gasteiger charge is -2.16. The zero-order valence-corrected chi connectivity index (χ0v) is 18.6. The third-order valence-electron chi connectivity index (χ3n) is 5.15. The number of benzene rings is 2. The Morgan fingerprint density at radius 1 is 1.06 bits per heavy atom. The van der Waals surface area contributed by atoms with Gasteiger partial charge in [0.25, 0.3) is 5.91 Å². The molecule has 0 bridgehead atoms. The van der Waals surface area contributed by atoms with Crippen molar-refractivity contribution in [2.45, 2.75) is 23.9 Å². The molecule has 2 heterocycles. The second kappa shape index (κ2) is 8.81. The van der Waals surface area contributed by atoms with Crippen LogP contribution in [-0.2, 0) is 16.2 Å². The topological polar surface area (TPSA) is 84.3 Å². The number of halogens is 4. The monoisotopic (exact) mass is 498 g/mol. The van der Waals surface area contributed by atoms with Crippen LogP contribution in [0.15, 0.2) is 59.6 Å². The van der Waals surface area contributed by atoms with Crippen LogP contribution in [0.1, 0.15) is 28.9 Å². The lowest BCUT2D eigenvalue weighted by atomic mass is 10.2. The van der Waals surface area contributed by atoms with Crippen molar-refractivity contribution in [2.24, 2.45) is 0 Å². The van der Waals surface area contributed by atoms with Gasteiger partial charge in [-0.25, -0.2) is 13.1 Å². The summed E-state index contributed by atoms with van der Waals surface area (Å²) in [5.74, 6) is -1.04. The SMILES string of the molecule is O=C(Nc1ccc(S(=O)(=O)N2CCCC2)cc1)c1cnn(-c2cccc(Cl)c2)c1C(F)(F)F. The summed E-state index contributed by atoms with van der Waals surface area (Å²) in [5, 5.41) is 6.32. The van der Waals surface area contributed by atoms with Crippen LogP contribution in [-0.4, -0.2) is 41.5 Å². The molecule has 4 rings (SSSR count). The van der Waals surface area contributed by atoms with E-state index in [-0.39, 0.29) is 21.3 Å². The van der Waals surface area contributed by atoms with Gasteiger partial charge in [0, 0.05) is 23.8 Å². The van der Waals surface area contributed by atoms with E-state index >= 15 is 0 Å². The predicted molar refractivity (Wildman–Crippen MR) is 116 cm³/mol. The molecule has 0 aliphatic carbocycles. The van der Waals surface area contributed by atoms with Gasteiger partial charge in [0.2, 0.25) is 10.0 Å². The molecular weight excluding hydrogens is 481 g/mol. The molecule has 1 aromatic heterocycles. The normalized spacial score (nSPS) is 15.0. The Labute approximate surface area is 192 Å². The number of nitrogens with zero attached hydrogens (tertiary/aromatic N) is 3. The molecule has 1 N–H and O–H groups in total. The Bertz CT molecular complexity index is 1280. The van der Waals surface area contributed by atoms with E-state index in [1.165, 1.54) is 52.8 Å². The van der Waals surface area contributed by atoms with Crippen LogP contribution in [0.25, 0.3) is 5.69 Å². The summed E-state index contributed by atoms with van der Waals surface area (Å²) in [4.78, 5) is 12.7. The average molecular weight is 499 g/mol. The van der Waals surface area contributed by atoms with E-state index < -0.39 is 33.4 Å². The standard InChI is InChI=1S/C21H18ClF3N4O3S/c22-14-4-3-5-16(12-14)29-19(21(23,24)25)18(13-26-29)20(30)27-15-6-8-17(9-7-15)33(31,32)28-10-1-2-11-28/h3-9,12-13H,1-2,10-11H2,(H,27,30). The van der Waals surface area contributed by atoms with Gasteiger partial charge in [0.15, 0.2) is 5.69 Å². The summed E-state index contributed by atoms with van der Waals surface area (Å²) < 4.78 is 68.6. The summed E-state index contributed by atoms with van der Waals surface area (Å²) in [7, 11) is -3.65. The molecule has 0 unspecified atom stereocenters. The zero-order chi connectivity index (χ0) is 23.8. The summed E-state index contributed by atoms with van der Waals surface area (Å²) >= 11 is 5.88. The van der Waals surface area contributed by atoms with E-state index in [2.05, 4.69) is 10.4 Å². The number of hydrogen-bond acceptors (Lipinski definition) is 4. The number of carbonyl (C=O) groups is 1. The Kier molecular flexibility index (Phi) is 6.21. The van der Waals surface area contributed by atoms with Crippen LogP contribution in [0.4, 0.5) is 18.9 Å². The molecule has 3 aromatic rings. The fourth-order valence-corrected chi connectivity index (χ4v) is 5.28. The third-order valence-corrected chi connectivity index (χ3v) is 7.30. The third kappa shape index (κ3) is 4.75. The predicted octanol–water partition coefficient (Wildman–Crippen LogP) is 4.58. The number of rotatable bonds is 5. The summed E-state index contributed by atoms with van der Waals surface area (Å²) in [5.41, 5.74) is -1.75. The molecule has 0 saturated carbocycles. The molecule has 1 saturated heterocycles. The van der Waals surface area contributed by atoms with Crippen molar-refractivity contribution in [1.29, 1.82) is 0 Å². The van der Waals surface area contributed by atoms with E-state index in [1.807, 2.05) is 0 Å². The van der Waals surface area contributed by atoms with E-state index in [9.17, 15) is 26.4 Å². The van der Waals surface area contributed by atoms with Gasteiger partial charge in [-0.1, -0.05) is 17.7 Å². The first-order valence-corrected chi connectivity index (χ1v) is 11.7. The highest BCUT2D eigenvalue weighted by Gasteiger charge is 2.40. The molecule has 0 atom stereocenters. The Balaban J connectivity index is 1.60. The Hall–Kier alpha value is -2.89. The first-order valence-electron chi connectivity index (χ1n) is 9.90. The Morgan fingerprint density at radius 3 is 2.33 bits per heavy atom. The maximum atomic E-state index is 13.8. The van der Waals surface area contributed by atoms with Gasteiger partial charge in [0.1, 0.15) is 0 Å². The number of amides is 1. The van der Waals surface area contributed by atoms with Gasteiger partial charge in [-0.3, -0.25) is 4.79 Å². The van der Waals surface area contributed by atoms with Crippen LogP contribution < -0.4 is 5.32 Å². The van der Waals surface area contributed by atoms with Crippen molar-refractivity contribution in [1.82, 2.24) is 14.1 Å². The molecule has 1 aliphatic heterocycles. The van der Waals surface area contributed by atoms with E-state index in [4.69, 9.17) is 11.6 Å². The van der Waals surface area contributed by atoms with Crippen LogP contribution in [0.5, 0.6) is 0 Å². The van der Waals surface area contributed by atoms with Gasteiger partial charge >= 0.3 is 6.18 Å². The minimum Gasteiger partial charge on any atom is -0.322 e. The quantitative estimate of drug-likeness (QED) is 0.558. The molecule has 174 valence electrons. The molecule has 1 amide bonds. The van der Waals surface area contributed by atoms with E-state index in [0.29, 0.717) is 17.8 Å². The van der Waals surface area contributed by atoms with E-state index in [0.717, 1.165) is 19.0 Å². The fourth-order valence-electron chi connectivity index (χ4n) is 3.58. The maximum absolute atomic E-state index is 13.8. The van der Waals surface area contributed by atoms with Gasteiger partial charge in [0.05, 0.1) is 22.3 Å². The van der Waals surface area contributed by atoms with Crippen LogP contribution >= 0.6 is 11.6 Å². The lowest BCUT2D eigenvalue weighted by Crippen LogP contribution is -2.27. The van der Waals surface area contributed by atoms with Gasteiger partial charge in [-0.05, 0) is 55.3 Å². The number of anilines is 1. The summed E-state index contributed by atoms with van der Waals surface area (Å²) in [6.07, 6.45) is -2.47. The zero-order valence-electron chi connectivity index (χ0n) is 17.0. The number of alkyl halides is 3. The molecule has 0 spiro atoms. The number of nitrogens with one attached hydrogen (secondary N) is 1. The smallest absolute Gasteiger partial charge is 0.322 e. The number of sulfonamides is 1. The molecular formula is C21H18ClF3N4O3S. The Morgan fingerprint density at radius 2 is 1.73 bits per heavy atom. The first kappa shape index (κ1) is 23.3. The largest absolute Gasteiger partial charge is 0.434 e. The minimum atomic E-state index is -4.88. The van der Waals surface area contributed by atoms with Gasteiger partial charge in [-0.15, -0.1) is 0 Å². The average Bonchev–Trinajstić information content (AvgIpc) is 3.44. The maximum Gasteiger partial charge on any atom is 0.434 e. The molecule has 7 nitrogen and oxygen atoms in total. The highest BCUT2D eigenvalue weighted by atomic mass is 35.5. The summed E-state index contributed by atoms with van der Waals surface area (Å²) in [6.45, 7) is 0.884. The minimum absolute atomic E-state index is 0.0466. The van der Waals surface area contributed by atoms with Crippen LogP contribution in [0.3, 0.4) is 0 Å². The van der Waals surface area contributed by atoms with Crippen molar-refractivity contribution in [3.05, 3.63) is 71.0 Å². The van der Waals surface area contributed by atoms with Crippen molar-refractivity contribution in [3.63, 3.8) is 0 Å². The highest BCUT2D eigenvalue weighted by Crippen LogP contribution is 2.34. The molecule has 1 fully saturated rings. The van der Waals surface area contributed by atoms with E-state index in [1.54, 1.807) is 0 Å². The molecule has 0 radical (unpaired) electrons. The van der Waals surface area contributed by atoms with Crippen LogP contribution in [0.2, 0.25) is 5.02 Å². The van der Waals surface area contributed by atoms with Gasteiger partial charge < -0.3 is 5.32 Å². The first-order chi connectivity index (χ1) is 15.6. The highest BCUT2D eigenvalue weighted by molar-refractivity contribution is 7.89. The van der Waals surface area contributed by atoms with Crippen molar-refractivity contribution < 1.29 is 26.4 Å². The lowest BCUT2D eigenvalue weighted by molar-refractivity contribution is -0.143. The fraction of sp³-hybridized carbons (Fsp3) is 0.238. The molecule has 33 heavy (non-hydrogen) atoms. The van der Waals surface area contributed by atoms with Crippen molar-refractivity contribution in [3.8, 4) is 5.69 Å². The second-order valence-corrected chi connectivity index (χ2v) is 9.76. The number of aromatic nitrogens is 2. The molecule has 12 heteroatoms. The van der Waals surface area contributed by atoms with Crippen molar-refractivity contribution >= 4 is 33.2 Å².